The van der Waals surface area contributed by atoms with Crippen molar-refractivity contribution in [3.05, 3.63) is 53.0 Å². The minimum Gasteiger partial charge on any atom is -0.356 e. The number of carbonyl (C=O) groups is 1. The van der Waals surface area contributed by atoms with Crippen LogP contribution in [0, 0.1) is 11.7 Å². The molecule has 1 unspecified atom stereocenters. The number of hydrogen-bond acceptors (Lipinski definition) is 5. The van der Waals surface area contributed by atoms with Crippen molar-refractivity contribution >= 4 is 27.4 Å². The van der Waals surface area contributed by atoms with E-state index in [1.165, 1.54) is 19.2 Å². The van der Waals surface area contributed by atoms with Crippen molar-refractivity contribution in [1.29, 1.82) is 0 Å². The van der Waals surface area contributed by atoms with Gasteiger partial charge < -0.3 is 10.2 Å². The lowest BCUT2D eigenvalue weighted by Gasteiger charge is -2.33. The zero-order valence-corrected chi connectivity index (χ0v) is 23.2. The van der Waals surface area contributed by atoms with E-state index in [2.05, 4.69) is 37.9 Å². The van der Waals surface area contributed by atoms with Gasteiger partial charge in [-0.2, -0.15) is 0 Å². The Kier molecular flexibility index (Phi) is 8.33. The van der Waals surface area contributed by atoms with E-state index in [0.717, 1.165) is 53.6 Å². The van der Waals surface area contributed by atoms with Crippen molar-refractivity contribution in [2.75, 3.05) is 35.6 Å². The normalized spacial score (nSPS) is 16.1. The van der Waals surface area contributed by atoms with Crippen molar-refractivity contribution in [1.82, 2.24) is 10.3 Å². The molecule has 1 saturated heterocycles. The Morgan fingerprint density at radius 3 is 2.42 bits per heavy atom. The van der Waals surface area contributed by atoms with Gasteiger partial charge in [0.15, 0.2) is 0 Å². The largest absolute Gasteiger partial charge is 0.356 e. The third kappa shape index (κ3) is 6.55. The standard InChI is InChI=1S/C27H39FN4O3S/c1-18-12-14-32(15-13-18)25-21(9-11-24(30-25)27(3,4)5)17-29-26(33)19(2)20-8-10-23(22(28)16-20)31(6)36(7,34)35/h8-11,16,18-19H,12-15,17H2,1-7H3,(H,29,33). The molecule has 0 bridgehead atoms. The topological polar surface area (TPSA) is 82.6 Å². The molecule has 0 spiro atoms. The Bertz CT molecular complexity index is 1200. The highest BCUT2D eigenvalue weighted by molar-refractivity contribution is 7.92. The van der Waals surface area contributed by atoms with E-state index < -0.39 is 21.8 Å². The van der Waals surface area contributed by atoms with E-state index in [1.54, 1.807) is 13.0 Å². The Balaban J connectivity index is 1.77. The maximum Gasteiger partial charge on any atom is 0.232 e. The monoisotopic (exact) mass is 518 g/mol. The SMILES string of the molecule is CC1CCN(c2nc(C(C)(C)C)ccc2CNC(=O)C(C)c2ccc(N(C)S(C)(=O)=O)c(F)c2)CC1. The van der Waals surface area contributed by atoms with Gasteiger partial charge in [-0.25, -0.2) is 17.8 Å². The van der Waals surface area contributed by atoms with Crippen LogP contribution < -0.4 is 14.5 Å². The Hall–Kier alpha value is -2.68. The predicted molar refractivity (Wildman–Crippen MR) is 143 cm³/mol. The second-order valence-corrected chi connectivity index (χ2v) is 13.0. The molecular weight excluding hydrogens is 479 g/mol. The number of carbonyl (C=O) groups excluding carboxylic acids is 1. The van der Waals surface area contributed by atoms with Crippen molar-refractivity contribution in [2.24, 2.45) is 5.92 Å². The van der Waals surface area contributed by atoms with E-state index in [0.29, 0.717) is 18.0 Å². The average Bonchev–Trinajstić information content (AvgIpc) is 2.80. The molecule has 9 heteroatoms. The molecular formula is C27H39FN4O3S. The quantitative estimate of drug-likeness (QED) is 0.581. The zero-order chi connectivity index (χ0) is 26.8. The maximum atomic E-state index is 14.7. The number of rotatable bonds is 7. The molecule has 36 heavy (non-hydrogen) atoms. The first kappa shape index (κ1) is 27.9. The number of sulfonamides is 1. The van der Waals surface area contributed by atoms with Crippen LogP contribution in [0.15, 0.2) is 30.3 Å². The molecule has 0 radical (unpaired) electrons. The molecule has 1 aromatic heterocycles. The number of halogens is 1. The number of pyridine rings is 1. The summed E-state index contributed by atoms with van der Waals surface area (Å²) < 4.78 is 39.1. The summed E-state index contributed by atoms with van der Waals surface area (Å²) in [6.45, 7) is 12.6. The van der Waals surface area contributed by atoms with E-state index in [9.17, 15) is 17.6 Å². The van der Waals surface area contributed by atoms with Crippen molar-refractivity contribution in [2.45, 2.75) is 65.3 Å². The number of piperidine rings is 1. The van der Waals surface area contributed by atoms with Crippen LogP contribution in [-0.4, -0.2) is 45.7 Å². The lowest BCUT2D eigenvalue weighted by molar-refractivity contribution is -0.122. The molecule has 198 valence electrons. The van der Waals surface area contributed by atoms with Crippen LogP contribution in [0.25, 0.3) is 0 Å². The average molecular weight is 519 g/mol. The van der Waals surface area contributed by atoms with Crippen LogP contribution >= 0.6 is 0 Å². The Morgan fingerprint density at radius 1 is 1.22 bits per heavy atom. The van der Waals surface area contributed by atoms with Crippen LogP contribution in [0.1, 0.15) is 70.2 Å². The number of aromatic nitrogens is 1. The fourth-order valence-corrected chi connectivity index (χ4v) is 4.75. The summed E-state index contributed by atoms with van der Waals surface area (Å²) in [6, 6.07) is 8.26. The summed E-state index contributed by atoms with van der Waals surface area (Å²) in [7, 11) is -2.30. The molecule has 1 aromatic carbocycles. The third-order valence-electron chi connectivity index (χ3n) is 6.96. The van der Waals surface area contributed by atoms with Gasteiger partial charge in [0.05, 0.1) is 17.9 Å². The second-order valence-electron chi connectivity index (χ2n) is 11.0. The first-order valence-electron chi connectivity index (χ1n) is 12.4. The summed E-state index contributed by atoms with van der Waals surface area (Å²) in [6.07, 6.45) is 3.23. The molecule has 1 amide bonds. The number of hydrogen-bond donors (Lipinski definition) is 1. The maximum absolute atomic E-state index is 14.7. The highest BCUT2D eigenvalue weighted by atomic mass is 32.2. The van der Waals surface area contributed by atoms with Gasteiger partial charge in [-0.1, -0.05) is 39.8 Å². The van der Waals surface area contributed by atoms with Gasteiger partial charge in [0, 0.05) is 43.4 Å². The molecule has 2 aromatic rings. The highest BCUT2D eigenvalue weighted by Crippen LogP contribution is 2.29. The van der Waals surface area contributed by atoms with Crippen molar-refractivity contribution < 1.29 is 17.6 Å². The molecule has 2 heterocycles. The predicted octanol–water partition coefficient (Wildman–Crippen LogP) is 4.57. The molecule has 0 saturated carbocycles. The van der Waals surface area contributed by atoms with Gasteiger partial charge in [-0.15, -0.1) is 0 Å². The third-order valence-corrected chi connectivity index (χ3v) is 8.15. The molecule has 1 N–H and O–H groups in total. The van der Waals surface area contributed by atoms with Gasteiger partial charge in [0.2, 0.25) is 15.9 Å². The molecule has 1 aliphatic heterocycles. The van der Waals surface area contributed by atoms with Gasteiger partial charge in [0.25, 0.3) is 0 Å². The van der Waals surface area contributed by atoms with Crippen molar-refractivity contribution in [3.63, 3.8) is 0 Å². The lowest BCUT2D eigenvalue weighted by atomic mass is 9.91. The number of nitrogens with zero attached hydrogens (tertiary/aromatic N) is 3. The number of anilines is 2. The van der Waals surface area contributed by atoms with E-state index in [1.807, 2.05) is 12.1 Å². The zero-order valence-electron chi connectivity index (χ0n) is 22.4. The summed E-state index contributed by atoms with van der Waals surface area (Å²) in [5, 5.41) is 2.99. The Morgan fingerprint density at radius 2 is 1.86 bits per heavy atom. The summed E-state index contributed by atoms with van der Waals surface area (Å²) >= 11 is 0. The number of amides is 1. The van der Waals surface area contributed by atoms with E-state index in [4.69, 9.17) is 4.98 Å². The highest BCUT2D eigenvalue weighted by Gasteiger charge is 2.24. The lowest BCUT2D eigenvalue weighted by Crippen LogP contribution is -2.36. The molecule has 1 aliphatic rings. The molecule has 7 nitrogen and oxygen atoms in total. The molecule has 1 atom stereocenters. The van der Waals surface area contributed by atoms with Gasteiger partial charge >= 0.3 is 0 Å². The van der Waals surface area contributed by atoms with Crippen LogP contribution in [0.2, 0.25) is 0 Å². The second kappa shape index (κ2) is 10.7. The first-order valence-corrected chi connectivity index (χ1v) is 14.3. The van der Waals surface area contributed by atoms with Crippen LogP contribution in [0.4, 0.5) is 15.9 Å². The number of nitrogens with one attached hydrogen (secondary N) is 1. The molecule has 1 fully saturated rings. The van der Waals surface area contributed by atoms with Crippen LogP contribution in [-0.2, 0) is 26.8 Å². The van der Waals surface area contributed by atoms with Crippen LogP contribution in [0.3, 0.4) is 0 Å². The van der Waals surface area contributed by atoms with Gasteiger partial charge in [-0.05, 0) is 49.4 Å². The Labute approximate surface area is 215 Å². The summed E-state index contributed by atoms with van der Waals surface area (Å²) in [5.74, 6) is 0.0696. The van der Waals surface area contributed by atoms with Gasteiger partial charge in [-0.3, -0.25) is 9.10 Å². The summed E-state index contributed by atoms with van der Waals surface area (Å²) in [4.78, 5) is 20.3. The van der Waals surface area contributed by atoms with Crippen LogP contribution in [0.5, 0.6) is 0 Å². The molecule has 3 rings (SSSR count). The minimum absolute atomic E-state index is 0.0561. The first-order chi connectivity index (χ1) is 16.7. The van der Waals surface area contributed by atoms with E-state index in [-0.39, 0.29) is 17.0 Å². The summed E-state index contributed by atoms with van der Waals surface area (Å²) in [5.41, 5.74) is 2.29. The minimum atomic E-state index is -3.59. The number of benzene rings is 1. The van der Waals surface area contributed by atoms with Gasteiger partial charge in [0.1, 0.15) is 11.6 Å². The van der Waals surface area contributed by atoms with Crippen molar-refractivity contribution in [3.8, 4) is 0 Å². The fourth-order valence-electron chi connectivity index (χ4n) is 4.24. The molecule has 0 aliphatic carbocycles. The van der Waals surface area contributed by atoms with E-state index >= 15 is 0 Å². The fraction of sp³-hybridized carbons (Fsp3) is 0.556. The smallest absolute Gasteiger partial charge is 0.232 e.